The number of nitrogens with one attached hydrogen (secondary N) is 1. The molecule has 2 aliphatic rings. The maximum atomic E-state index is 13.6. The molecule has 3 aromatic rings. The van der Waals surface area contributed by atoms with Gasteiger partial charge < -0.3 is 15.3 Å². The van der Waals surface area contributed by atoms with Gasteiger partial charge in [0.25, 0.3) is 0 Å². The zero-order valence-electron chi connectivity index (χ0n) is 16.0. The highest BCUT2D eigenvalue weighted by molar-refractivity contribution is 7.15. The van der Waals surface area contributed by atoms with Gasteiger partial charge in [-0.25, -0.2) is 4.79 Å². The number of para-hydroxylation sites is 1. The second kappa shape index (κ2) is 6.82. The molecule has 0 saturated carbocycles. The molecule has 6 nitrogen and oxygen atoms in total. The highest BCUT2D eigenvalue weighted by atomic mass is 35.5. The van der Waals surface area contributed by atoms with Crippen molar-refractivity contribution in [3.8, 4) is 11.1 Å². The predicted octanol–water partition coefficient (Wildman–Crippen LogP) is 5.02. The number of rotatable bonds is 2. The van der Waals surface area contributed by atoms with Crippen molar-refractivity contribution in [1.82, 2.24) is 0 Å². The first-order chi connectivity index (χ1) is 14.8. The summed E-state index contributed by atoms with van der Waals surface area (Å²) in [5.74, 6) is -1.82. The van der Waals surface area contributed by atoms with Crippen LogP contribution in [-0.4, -0.2) is 29.9 Å². The van der Waals surface area contributed by atoms with Crippen LogP contribution in [0.5, 0.6) is 0 Å². The number of nitrogens with zero attached hydrogens (tertiary/aromatic N) is 1. The lowest BCUT2D eigenvalue weighted by atomic mass is 9.74. The SMILES string of the molecule is CN1C(=O)[C@]2(CC(=O)Nc3c2sc(C(=O)O)c3-c2ccc(Cl)cc2)c2cccc(Cl)c21. The summed E-state index contributed by atoms with van der Waals surface area (Å²) in [7, 11) is 1.61. The van der Waals surface area contributed by atoms with Gasteiger partial charge in [0.1, 0.15) is 10.3 Å². The molecule has 0 unspecified atom stereocenters. The van der Waals surface area contributed by atoms with E-state index in [9.17, 15) is 19.5 Å². The van der Waals surface area contributed by atoms with Crippen LogP contribution in [0.2, 0.25) is 10.0 Å². The van der Waals surface area contributed by atoms with E-state index in [4.69, 9.17) is 23.2 Å². The molecule has 2 aromatic carbocycles. The molecule has 2 aliphatic heterocycles. The minimum atomic E-state index is -1.33. The fourth-order valence-corrected chi connectivity index (χ4v) is 6.23. The minimum absolute atomic E-state index is 0.0415. The van der Waals surface area contributed by atoms with Crippen molar-refractivity contribution in [3.05, 3.63) is 67.8 Å². The van der Waals surface area contributed by atoms with Crippen molar-refractivity contribution in [2.75, 3.05) is 17.3 Å². The lowest BCUT2D eigenvalue weighted by Crippen LogP contribution is -2.45. The zero-order valence-corrected chi connectivity index (χ0v) is 18.4. The average molecular weight is 473 g/mol. The van der Waals surface area contributed by atoms with Crippen molar-refractivity contribution in [2.24, 2.45) is 0 Å². The summed E-state index contributed by atoms with van der Waals surface area (Å²) in [6.45, 7) is 0. The Morgan fingerprint density at radius 1 is 1.16 bits per heavy atom. The van der Waals surface area contributed by atoms with E-state index in [1.165, 1.54) is 4.90 Å². The van der Waals surface area contributed by atoms with Crippen molar-refractivity contribution in [2.45, 2.75) is 11.8 Å². The zero-order chi connectivity index (χ0) is 22.1. The summed E-state index contributed by atoms with van der Waals surface area (Å²) in [5, 5.41) is 13.7. The van der Waals surface area contributed by atoms with Gasteiger partial charge in [-0.15, -0.1) is 11.3 Å². The number of carbonyl (C=O) groups excluding carboxylic acids is 2. The van der Waals surface area contributed by atoms with Gasteiger partial charge >= 0.3 is 5.97 Å². The quantitative estimate of drug-likeness (QED) is 0.547. The second-order valence-corrected chi connectivity index (χ2v) is 9.32. The molecule has 0 aliphatic carbocycles. The van der Waals surface area contributed by atoms with E-state index in [2.05, 4.69) is 5.32 Å². The van der Waals surface area contributed by atoms with Crippen molar-refractivity contribution < 1.29 is 19.5 Å². The first kappa shape index (κ1) is 20.1. The highest BCUT2D eigenvalue weighted by Crippen LogP contribution is 2.58. The summed E-state index contributed by atoms with van der Waals surface area (Å²) < 4.78 is 0. The topological polar surface area (TPSA) is 86.7 Å². The number of aromatic carboxylic acids is 1. The van der Waals surface area contributed by atoms with Crippen LogP contribution in [0.15, 0.2) is 42.5 Å². The number of fused-ring (bicyclic) bond motifs is 4. The van der Waals surface area contributed by atoms with Gasteiger partial charge in [0.2, 0.25) is 11.8 Å². The van der Waals surface area contributed by atoms with Crippen LogP contribution in [0.25, 0.3) is 11.1 Å². The number of thiophene rings is 1. The Morgan fingerprint density at radius 2 is 1.87 bits per heavy atom. The lowest BCUT2D eigenvalue weighted by Gasteiger charge is -2.32. The molecule has 0 radical (unpaired) electrons. The number of carbonyl (C=O) groups is 3. The maximum absolute atomic E-state index is 13.6. The minimum Gasteiger partial charge on any atom is -0.477 e. The Morgan fingerprint density at radius 3 is 2.55 bits per heavy atom. The van der Waals surface area contributed by atoms with E-state index in [0.29, 0.717) is 43.0 Å². The Bertz CT molecular complexity index is 1300. The Balaban J connectivity index is 1.86. The molecule has 3 heterocycles. The van der Waals surface area contributed by atoms with E-state index >= 15 is 0 Å². The van der Waals surface area contributed by atoms with Gasteiger partial charge in [0, 0.05) is 17.6 Å². The third-order valence-electron chi connectivity index (χ3n) is 5.76. The number of anilines is 2. The number of halogens is 2. The van der Waals surface area contributed by atoms with Crippen LogP contribution in [0, 0.1) is 0 Å². The molecule has 2 amide bonds. The van der Waals surface area contributed by atoms with Gasteiger partial charge in [-0.2, -0.15) is 0 Å². The van der Waals surface area contributed by atoms with Gasteiger partial charge in [-0.05, 0) is 29.3 Å². The number of benzene rings is 2. The van der Waals surface area contributed by atoms with Crippen LogP contribution in [0.3, 0.4) is 0 Å². The summed E-state index contributed by atoms with van der Waals surface area (Å²) >= 11 is 13.4. The summed E-state index contributed by atoms with van der Waals surface area (Å²) in [6, 6.07) is 11.9. The summed E-state index contributed by atoms with van der Waals surface area (Å²) in [6.07, 6.45) is -0.129. The van der Waals surface area contributed by atoms with Crippen LogP contribution in [-0.2, 0) is 15.0 Å². The van der Waals surface area contributed by atoms with Gasteiger partial charge in [-0.1, -0.05) is 47.5 Å². The first-order valence-electron chi connectivity index (χ1n) is 9.29. The number of hydrogen-bond donors (Lipinski definition) is 2. The summed E-state index contributed by atoms with van der Waals surface area (Å²) in [4.78, 5) is 40.6. The number of carboxylic acid groups (broad SMARTS) is 1. The number of amides is 2. The predicted molar refractivity (Wildman–Crippen MR) is 121 cm³/mol. The highest BCUT2D eigenvalue weighted by Gasteiger charge is 2.57. The summed E-state index contributed by atoms with van der Waals surface area (Å²) in [5.41, 5.74) is 1.10. The lowest BCUT2D eigenvalue weighted by molar-refractivity contribution is -0.126. The first-order valence-corrected chi connectivity index (χ1v) is 10.9. The molecular formula is C22H14Cl2N2O4S. The van der Waals surface area contributed by atoms with Crippen LogP contribution in [0.4, 0.5) is 11.4 Å². The van der Waals surface area contributed by atoms with Crippen LogP contribution >= 0.6 is 34.5 Å². The normalized spacial score (nSPS) is 19.4. The van der Waals surface area contributed by atoms with E-state index in [0.717, 1.165) is 11.3 Å². The fourth-order valence-electron chi connectivity index (χ4n) is 4.49. The fraction of sp³-hybridized carbons (Fsp3) is 0.136. The second-order valence-electron chi connectivity index (χ2n) is 7.45. The molecule has 1 atom stereocenters. The van der Waals surface area contributed by atoms with E-state index < -0.39 is 11.4 Å². The molecule has 0 fully saturated rings. The van der Waals surface area contributed by atoms with Crippen molar-refractivity contribution in [1.29, 1.82) is 0 Å². The molecule has 5 rings (SSSR count). The van der Waals surface area contributed by atoms with Gasteiger partial charge in [0.15, 0.2) is 0 Å². The van der Waals surface area contributed by atoms with E-state index in [1.54, 1.807) is 49.5 Å². The van der Waals surface area contributed by atoms with Gasteiger partial charge in [0.05, 0.1) is 27.7 Å². The van der Waals surface area contributed by atoms with E-state index in [-0.39, 0.29) is 23.1 Å². The third kappa shape index (κ3) is 2.67. The van der Waals surface area contributed by atoms with Crippen molar-refractivity contribution in [3.63, 3.8) is 0 Å². The molecule has 1 spiro atoms. The molecule has 9 heteroatoms. The Labute approximate surface area is 191 Å². The Kier molecular flexibility index (Phi) is 4.41. The number of likely N-dealkylation sites (N-methyl/N-ethyl adjacent to an activating group) is 1. The molecule has 0 bridgehead atoms. The largest absolute Gasteiger partial charge is 0.477 e. The smallest absolute Gasteiger partial charge is 0.346 e. The van der Waals surface area contributed by atoms with Gasteiger partial charge in [-0.3, -0.25) is 9.59 Å². The standard InChI is InChI=1S/C22H14Cl2N2O4S/c1-26-17-12(3-2-4-13(17)24)22(21(26)30)9-14(27)25-16-15(10-5-7-11(23)8-6-10)18(20(28)29)31-19(16)22/h2-8H,9H2,1H3,(H,25,27)(H,28,29)/t22-/m1/s1. The monoisotopic (exact) mass is 472 g/mol. The number of hydrogen-bond acceptors (Lipinski definition) is 4. The third-order valence-corrected chi connectivity index (χ3v) is 7.66. The Hall–Kier alpha value is -2.87. The maximum Gasteiger partial charge on any atom is 0.346 e. The molecule has 0 saturated heterocycles. The molecule has 1 aromatic heterocycles. The molecule has 31 heavy (non-hydrogen) atoms. The van der Waals surface area contributed by atoms with Crippen LogP contribution in [0.1, 0.15) is 26.5 Å². The van der Waals surface area contributed by atoms with Crippen molar-refractivity contribution >= 4 is 63.7 Å². The molecule has 156 valence electrons. The number of carboxylic acids is 1. The molecular weight excluding hydrogens is 459 g/mol. The average Bonchev–Trinajstić information content (AvgIpc) is 3.21. The van der Waals surface area contributed by atoms with Crippen LogP contribution < -0.4 is 10.2 Å². The molecule has 2 N–H and O–H groups in total. The van der Waals surface area contributed by atoms with E-state index in [1.807, 2.05) is 0 Å².